The molecule has 4 rings (SSSR count). The van der Waals surface area contributed by atoms with Crippen molar-refractivity contribution in [2.45, 2.75) is 44.1 Å². The lowest BCUT2D eigenvalue weighted by Crippen LogP contribution is -2.45. The van der Waals surface area contributed by atoms with Crippen LogP contribution in [-0.4, -0.2) is 35.1 Å². The molecular formula is C23H26N2O3. The first-order chi connectivity index (χ1) is 13.8. The van der Waals surface area contributed by atoms with Crippen molar-refractivity contribution in [3.63, 3.8) is 0 Å². The van der Waals surface area contributed by atoms with Crippen LogP contribution in [0.2, 0.25) is 0 Å². The maximum Gasteiger partial charge on any atom is 0.167 e. The van der Waals surface area contributed by atoms with Gasteiger partial charge in [0, 0.05) is 31.1 Å². The van der Waals surface area contributed by atoms with E-state index in [-0.39, 0.29) is 12.2 Å². The Labute approximate surface area is 165 Å². The van der Waals surface area contributed by atoms with E-state index in [1.54, 1.807) is 0 Å². The monoisotopic (exact) mass is 378 g/mol. The number of nitrogens with zero attached hydrogens (tertiary/aromatic N) is 1. The third-order valence-corrected chi connectivity index (χ3v) is 5.15. The molecule has 1 aliphatic heterocycles. The van der Waals surface area contributed by atoms with Gasteiger partial charge in [0.15, 0.2) is 5.76 Å². The Bertz CT molecular complexity index is 851. The number of aromatic nitrogens is 1. The Balaban J connectivity index is 1.30. The molecular weight excluding hydrogens is 352 g/mol. The van der Waals surface area contributed by atoms with E-state index in [0.717, 1.165) is 36.4 Å². The molecule has 3 unspecified atom stereocenters. The van der Waals surface area contributed by atoms with E-state index >= 15 is 0 Å². The number of ether oxygens (including phenoxy) is 1. The number of nitrogens with one attached hydrogen (secondary N) is 1. The van der Waals surface area contributed by atoms with Gasteiger partial charge in [-0.15, -0.1) is 0 Å². The summed E-state index contributed by atoms with van der Waals surface area (Å²) in [6, 6.07) is 22.2. The molecule has 2 N–H and O–H groups in total. The van der Waals surface area contributed by atoms with Gasteiger partial charge in [0.05, 0.1) is 24.0 Å². The maximum absolute atomic E-state index is 10.3. The second-order valence-electron chi connectivity index (χ2n) is 7.31. The summed E-state index contributed by atoms with van der Waals surface area (Å²) in [5, 5.41) is 17.9. The largest absolute Gasteiger partial charge is 0.390 e. The molecule has 3 aromatic rings. The summed E-state index contributed by atoms with van der Waals surface area (Å²) in [4.78, 5) is 0. The molecule has 1 saturated heterocycles. The number of aliphatic hydroxyl groups excluding tert-OH is 1. The van der Waals surface area contributed by atoms with Gasteiger partial charge in [-0.1, -0.05) is 65.8 Å². The van der Waals surface area contributed by atoms with Crippen LogP contribution in [0.25, 0.3) is 11.3 Å². The maximum atomic E-state index is 10.3. The molecule has 146 valence electrons. The summed E-state index contributed by atoms with van der Waals surface area (Å²) in [6.07, 6.45) is 1.66. The van der Waals surface area contributed by atoms with E-state index in [4.69, 9.17) is 9.26 Å². The highest BCUT2D eigenvalue weighted by atomic mass is 16.5. The molecule has 3 atom stereocenters. The predicted molar refractivity (Wildman–Crippen MR) is 108 cm³/mol. The van der Waals surface area contributed by atoms with Crippen LogP contribution in [0, 0.1) is 0 Å². The van der Waals surface area contributed by atoms with Crippen molar-refractivity contribution in [2.24, 2.45) is 0 Å². The van der Waals surface area contributed by atoms with E-state index in [1.807, 2.05) is 54.6 Å². The van der Waals surface area contributed by atoms with Crippen molar-refractivity contribution >= 4 is 0 Å². The van der Waals surface area contributed by atoms with Crippen LogP contribution >= 0.6 is 0 Å². The molecule has 1 aliphatic rings. The fourth-order valence-electron chi connectivity index (χ4n) is 3.62. The molecule has 0 bridgehead atoms. The summed E-state index contributed by atoms with van der Waals surface area (Å²) < 4.78 is 11.6. The lowest BCUT2D eigenvalue weighted by atomic mass is 9.98. The van der Waals surface area contributed by atoms with E-state index in [0.29, 0.717) is 13.0 Å². The minimum absolute atomic E-state index is 0.0423. The smallest absolute Gasteiger partial charge is 0.167 e. The second kappa shape index (κ2) is 9.15. The fraction of sp³-hybridized carbons (Fsp3) is 0.348. The molecule has 0 aliphatic carbocycles. The quantitative estimate of drug-likeness (QED) is 0.658. The summed E-state index contributed by atoms with van der Waals surface area (Å²) in [5.74, 6) is 0.771. The van der Waals surface area contributed by atoms with Gasteiger partial charge < -0.3 is 19.7 Å². The highest BCUT2D eigenvalue weighted by Crippen LogP contribution is 2.25. The van der Waals surface area contributed by atoms with E-state index in [1.165, 1.54) is 5.56 Å². The summed E-state index contributed by atoms with van der Waals surface area (Å²) in [6.45, 7) is 1.39. The van der Waals surface area contributed by atoms with Gasteiger partial charge >= 0.3 is 0 Å². The van der Waals surface area contributed by atoms with Crippen LogP contribution in [0.5, 0.6) is 0 Å². The van der Waals surface area contributed by atoms with Gasteiger partial charge in [0.2, 0.25) is 0 Å². The average Bonchev–Trinajstić information content (AvgIpc) is 3.20. The fourth-order valence-corrected chi connectivity index (χ4v) is 3.62. The third-order valence-electron chi connectivity index (χ3n) is 5.15. The first-order valence-electron chi connectivity index (χ1n) is 9.87. The minimum atomic E-state index is -0.434. The Morgan fingerprint density at radius 3 is 2.54 bits per heavy atom. The topological polar surface area (TPSA) is 67.5 Å². The molecule has 1 aromatic heterocycles. The van der Waals surface area contributed by atoms with Gasteiger partial charge in [-0.3, -0.25) is 0 Å². The third kappa shape index (κ3) is 4.87. The number of hydrogen-bond acceptors (Lipinski definition) is 5. The van der Waals surface area contributed by atoms with Crippen molar-refractivity contribution in [1.29, 1.82) is 0 Å². The van der Waals surface area contributed by atoms with Gasteiger partial charge in [0.1, 0.15) is 0 Å². The van der Waals surface area contributed by atoms with Crippen LogP contribution < -0.4 is 5.32 Å². The summed E-state index contributed by atoms with van der Waals surface area (Å²) in [7, 11) is 0. The zero-order valence-electron chi connectivity index (χ0n) is 15.8. The first kappa shape index (κ1) is 18.9. The van der Waals surface area contributed by atoms with Crippen LogP contribution in [0.15, 0.2) is 71.3 Å². The molecule has 0 radical (unpaired) electrons. The number of hydrogen-bond donors (Lipinski definition) is 2. The number of aliphatic hydroxyl groups is 1. The van der Waals surface area contributed by atoms with E-state index in [9.17, 15) is 5.11 Å². The molecule has 5 heteroatoms. The molecule has 0 saturated carbocycles. The average molecular weight is 378 g/mol. The first-order valence-corrected chi connectivity index (χ1v) is 9.87. The molecule has 28 heavy (non-hydrogen) atoms. The van der Waals surface area contributed by atoms with Crippen LogP contribution in [0.3, 0.4) is 0 Å². The normalized spacial score (nSPS) is 22.2. The molecule has 0 spiro atoms. The zero-order valence-corrected chi connectivity index (χ0v) is 15.8. The van der Waals surface area contributed by atoms with Crippen molar-refractivity contribution in [3.05, 3.63) is 78.0 Å². The van der Waals surface area contributed by atoms with Crippen molar-refractivity contribution in [3.8, 4) is 11.3 Å². The Morgan fingerprint density at radius 2 is 1.75 bits per heavy atom. The lowest BCUT2D eigenvalue weighted by molar-refractivity contribution is -0.115. The Hall–Kier alpha value is -2.47. The molecule has 5 nitrogen and oxygen atoms in total. The van der Waals surface area contributed by atoms with Crippen LogP contribution in [0.4, 0.5) is 0 Å². The van der Waals surface area contributed by atoms with Crippen molar-refractivity contribution in [1.82, 2.24) is 10.5 Å². The summed E-state index contributed by atoms with van der Waals surface area (Å²) >= 11 is 0. The van der Waals surface area contributed by atoms with Gasteiger partial charge in [-0.2, -0.15) is 0 Å². The van der Waals surface area contributed by atoms with Gasteiger partial charge in [0.25, 0.3) is 0 Å². The molecule has 1 fully saturated rings. The van der Waals surface area contributed by atoms with E-state index in [2.05, 4.69) is 22.6 Å². The molecule has 2 heterocycles. The Kier molecular flexibility index (Phi) is 6.17. The highest BCUT2D eigenvalue weighted by molar-refractivity contribution is 5.56. The standard InChI is InChI=1S/C23H26N2O3/c26-21-12-11-20(27-23(21)16-24-15-17-7-3-1-4-8-17)13-19-14-22(28-25-19)18-9-5-2-6-10-18/h1-10,14,20-21,23-24,26H,11-13,15-16H2. The number of benzene rings is 2. The van der Waals surface area contributed by atoms with Crippen molar-refractivity contribution in [2.75, 3.05) is 6.54 Å². The lowest BCUT2D eigenvalue weighted by Gasteiger charge is -2.34. The molecule has 0 amide bonds. The molecule has 2 aromatic carbocycles. The van der Waals surface area contributed by atoms with Crippen molar-refractivity contribution < 1.29 is 14.4 Å². The number of rotatable bonds is 7. The van der Waals surface area contributed by atoms with E-state index < -0.39 is 6.10 Å². The highest BCUT2D eigenvalue weighted by Gasteiger charge is 2.30. The minimum Gasteiger partial charge on any atom is -0.390 e. The SMILES string of the molecule is OC1CCC(Cc2cc(-c3ccccc3)on2)OC1CNCc1ccccc1. The Morgan fingerprint density at radius 1 is 1.00 bits per heavy atom. The van der Waals surface area contributed by atoms with Gasteiger partial charge in [-0.25, -0.2) is 0 Å². The van der Waals surface area contributed by atoms with Gasteiger partial charge in [-0.05, 0) is 18.4 Å². The zero-order chi connectivity index (χ0) is 19.2. The predicted octanol–water partition coefficient (Wildman–Crippen LogP) is 3.58. The van der Waals surface area contributed by atoms with Crippen LogP contribution in [0.1, 0.15) is 24.1 Å². The van der Waals surface area contributed by atoms with Crippen LogP contribution in [-0.2, 0) is 17.7 Å². The summed E-state index contributed by atoms with van der Waals surface area (Å²) in [5.41, 5.74) is 3.13. The second-order valence-corrected chi connectivity index (χ2v) is 7.31.